The van der Waals surface area contributed by atoms with Crippen molar-refractivity contribution in [3.8, 4) is 0 Å². The molecule has 0 unspecified atom stereocenters. The molecule has 1 aliphatic heterocycles. The van der Waals surface area contributed by atoms with E-state index in [9.17, 15) is 14.7 Å². The first-order valence-corrected chi connectivity index (χ1v) is 8.67. The lowest BCUT2D eigenvalue weighted by Gasteiger charge is -2.21. The zero-order chi connectivity index (χ0) is 18.2. The highest BCUT2D eigenvalue weighted by atomic mass is 35.5. The second kappa shape index (κ2) is 6.62. The molecule has 0 radical (unpaired) electrons. The summed E-state index contributed by atoms with van der Waals surface area (Å²) in [7, 11) is 1.58. The molecule has 0 bridgehead atoms. The standard InChI is InChI=1S/C20H20ClNO3/c1-3-4-13-5-7-14(8-6-13)18(23)12-20(25)16-11-15(21)9-10-17(16)22(2)19(20)24/h5-11,25H,3-4,12H2,1-2H3/t20-/m0/s1. The van der Waals surface area contributed by atoms with Crippen LogP contribution in [0.3, 0.4) is 0 Å². The number of hydrogen-bond acceptors (Lipinski definition) is 3. The van der Waals surface area contributed by atoms with Crippen molar-refractivity contribution in [2.75, 3.05) is 11.9 Å². The molecular formula is C20H20ClNO3. The molecule has 1 N–H and O–H groups in total. The van der Waals surface area contributed by atoms with E-state index in [-0.39, 0.29) is 12.2 Å². The number of hydrogen-bond donors (Lipinski definition) is 1. The van der Waals surface area contributed by atoms with Gasteiger partial charge in [-0.1, -0.05) is 49.2 Å². The molecule has 25 heavy (non-hydrogen) atoms. The van der Waals surface area contributed by atoms with Gasteiger partial charge in [0.05, 0.1) is 12.1 Å². The van der Waals surface area contributed by atoms with Gasteiger partial charge in [-0.05, 0) is 30.2 Å². The fourth-order valence-corrected chi connectivity index (χ4v) is 3.46. The third-order valence-corrected chi connectivity index (χ3v) is 4.89. The molecule has 0 aromatic heterocycles. The number of fused-ring (bicyclic) bond motifs is 1. The minimum absolute atomic E-state index is 0.278. The molecule has 0 spiro atoms. The highest BCUT2D eigenvalue weighted by Crippen LogP contribution is 2.43. The fourth-order valence-electron chi connectivity index (χ4n) is 3.29. The van der Waals surface area contributed by atoms with E-state index in [1.165, 1.54) is 4.90 Å². The van der Waals surface area contributed by atoms with Crippen molar-refractivity contribution in [3.05, 3.63) is 64.2 Å². The van der Waals surface area contributed by atoms with Crippen molar-refractivity contribution in [2.24, 2.45) is 0 Å². The van der Waals surface area contributed by atoms with Crippen LogP contribution in [0.15, 0.2) is 42.5 Å². The summed E-state index contributed by atoms with van der Waals surface area (Å²) < 4.78 is 0. The van der Waals surface area contributed by atoms with E-state index in [0.717, 1.165) is 18.4 Å². The van der Waals surface area contributed by atoms with Crippen LogP contribution in [-0.2, 0) is 16.8 Å². The van der Waals surface area contributed by atoms with Gasteiger partial charge in [-0.25, -0.2) is 0 Å². The Bertz CT molecular complexity index is 831. The SMILES string of the molecule is CCCc1ccc(C(=O)C[C@@]2(O)C(=O)N(C)c3ccc(Cl)cc32)cc1. The molecular weight excluding hydrogens is 338 g/mol. The van der Waals surface area contributed by atoms with Crippen molar-refractivity contribution in [1.29, 1.82) is 0 Å². The number of halogens is 1. The van der Waals surface area contributed by atoms with E-state index in [1.54, 1.807) is 37.4 Å². The maximum atomic E-state index is 12.7. The van der Waals surface area contributed by atoms with Crippen molar-refractivity contribution >= 4 is 29.0 Å². The minimum Gasteiger partial charge on any atom is -0.375 e. The number of aliphatic hydroxyl groups is 1. The molecule has 1 atom stereocenters. The van der Waals surface area contributed by atoms with Crippen LogP contribution < -0.4 is 4.90 Å². The van der Waals surface area contributed by atoms with Crippen LogP contribution in [-0.4, -0.2) is 23.8 Å². The summed E-state index contributed by atoms with van der Waals surface area (Å²) in [6.45, 7) is 2.10. The number of ketones is 1. The molecule has 5 heteroatoms. The van der Waals surface area contributed by atoms with Gasteiger partial charge in [0.2, 0.25) is 0 Å². The fraction of sp³-hybridized carbons (Fsp3) is 0.300. The Morgan fingerprint density at radius 1 is 1.20 bits per heavy atom. The van der Waals surface area contributed by atoms with Crippen LogP contribution in [0.1, 0.15) is 41.3 Å². The Labute approximate surface area is 152 Å². The molecule has 4 nitrogen and oxygen atoms in total. The summed E-state index contributed by atoms with van der Waals surface area (Å²) in [5.74, 6) is -0.791. The first-order valence-electron chi connectivity index (χ1n) is 8.29. The van der Waals surface area contributed by atoms with Gasteiger partial charge in [-0.3, -0.25) is 9.59 Å². The van der Waals surface area contributed by atoms with Crippen LogP contribution in [0.2, 0.25) is 5.02 Å². The number of anilines is 1. The molecule has 2 aromatic rings. The first-order chi connectivity index (χ1) is 11.9. The maximum Gasteiger partial charge on any atom is 0.263 e. The van der Waals surface area contributed by atoms with E-state index in [1.807, 2.05) is 12.1 Å². The summed E-state index contributed by atoms with van der Waals surface area (Å²) in [6, 6.07) is 12.2. The van der Waals surface area contributed by atoms with E-state index in [0.29, 0.717) is 21.8 Å². The predicted molar refractivity (Wildman–Crippen MR) is 98.1 cm³/mol. The van der Waals surface area contributed by atoms with Crippen molar-refractivity contribution in [2.45, 2.75) is 31.8 Å². The molecule has 0 saturated heterocycles. The average molecular weight is 358 g/mol. The normalized spacial score (nSPS) is 19.2. The van der Waals surface area contributed by atoms with Gasteiger partial charge < -0.3 is 10.0 Å². The lowest BCUT2D eigenvalue weighted by molar-refractivity contribution is -0.135. The maximum absolute atomic E-state index is 12.7. The number of nitrogens with zero attached hydrogens (tertiary/aromatic N) is 1. The summed E-state index contributed by atoms with van der Waals surface area (Å²) in [6.07, 6.45) is 1.68. The largest absolute Gasteiger partial charge is 0.375 e. The average Bonchev–Trinajstić information content (AvgIpc) is 2.77. The van der Waals surface area contributed by atoms with Gasteiger partial charge in [0, 0.05) is 23.2 Å². The van der Waals surface area contributed by atoms with E-state index in [4.69, 9.17) is 11.6 Å². The van der Waals surface area contributed by atoms with Crippen LogP contribution in [0, 0.1) is 0 Å². The van der Waals surface area contributed by atoms with Crippen molar-refractivity contribution in [3.63, 3.8) is 0 Å². The van der Waals surface area contributed by atoms with Crippen molar-refractivity contribution < 1.29 is 14.7 Å². The molecule has 1 amide bonds. The molecule has 1 aliphatic rings. The number of rotatable bonds is 5. The quantitative estimate of drug-likeness (QED) is 0.829. The molecule has 0 fully saturated rings. The molecule has 2 aromatic carbocycles. The second-order valence-electron chi connectivity index (χ2n) is 6.43. The zero-order valence-electron chi connectivity index (χ0n) is 14.3. The Morgan fingerprint density at radius 3 is 2.52 bits per heavy atom. The lowest BCUT2D eigenvalue weighted by atomic mass is 9.88. The third kappa shape index (κ3) is 3.08. The van der Waals surface area contributed by atoms with E-state index in [2.05, 4.69) is 6.92 Å². The summed E-state index contributed by atoms with van der Waals surface area (Å²) in [5, 5.41) is 11.4. The van der Waals surface area contributed by atoms with Crippen LogP contribution in [0.4, 0.5) is 5.69 Å². The van der Waals surface area contributed by atoms with Gasteiger partial charge in [0.15, 0.2) is 11.4 Å². The summed E-state index contributed by atoms with van der Waals surface area (Å²) in [4.78, 5) is 26.6. The Morgan fingerprint density at radius 2 is 1.88 bits per heavy atom. The van der Waals surface area contributed by atoms with Gasteiger partial charge in [-0.2, -0.15) is 0 Å². The molecule has 3 rings (SSSR count). The number of likely N-dealkylation sites (N-methyl/N-ethyl adjacent to an activating group) is 1. The highest BCUT2D eigenvalue weighted by molar-refractivity contribution is 6.31. The number of aryl methyl sites for hydroxylation is 1. The molecule has 0 aliphatic carbocycles. The van der Waals surface area contributed by atoms with Gasteiger partial charge in [0.1, 0.15) is 0 Å². The molecule has 1 heterocycles. The van der Waals surface area contributed by atoms with Crippen LogP contribution in [0.5, 0.6) is 0 Å². The molecule has 0 saturated carbocycles. The smallest absolute Gasteiger partial charge is 0.263 e. The van der Waals surface area contributed by atoms with E-state index >= 15 is 0 Å². The third-order valence-electron chi connectivity index (χ3n) is 4.65. The summed E-state index contributed by atoms with van der Waals surface area (Å²) in [5.41, 5.74) is 0.714. The number of Topliss-reactive ketones (excluding diaryl/α,β-unsaturated/α-hetero) is 1. The van der Waals surface area contributed by atoms with Gasteiger partial charge in [-0.15, -0.1) is 0 Å². The first kappa shape index (κ1) is 17.6. The highest BCUT2D eigenvalue weighted by Gasteiger charge is 2.49. The van der Waals surface area contributed by atoms with Gasteiger partial charge in [0.25, 0.3) is 5.91 Å². The summed E-state index contributed by atoms with van der Waals surface area (Å²) >= 11 is 6.02. The minimum atomic E-state index is -1.88. The van der Waals surface area contributed by atoms with E-state index < -0.39 is 11.5 Å². The number of carbonyl (C=O) groups is 2. The Kier molecular flexibility index (Phi) is 4.67. The topological polar surface area (TPSA) is 57.6 Å². The molecule has 130 valence electrons. The monoisotopic (exact) mass is 357 g/mol. The van der Waals surface area contributed by atoms with Crippen LogP contribution >= 0.6 is 11.6 Å². The second-order valence-corrected chi connectivity index (χ2v) is 6.87. The predicted octanol–water partition coefficient (Wildman–Crippen LogP) is 3.73. The Hall–Kier alpha value is -2.17. The zero-order valence-corrected chi connectivity index (χ0v) is 15.0. The number of carbonyl (C=O) groups excluding carboxylic acids is 2. The van der Waals surface area contributed by atoms with Gasteiger partial charge >= 0.3 is 0 Å². The van der Waals surface area contributed by atoms with Crippen LogP contribution in [0.25, 0.3) is 0 Å². The van der Waals surface area contributed by atoms with Crippen molar-refractivity contribution in [1.82, 2.24) is 0 Å². The Balaban J connectivity index is 1.90. The number of benzene rings is 2. The number of amides is 1. The lowest BCUT2D eigenvalue weighted by Crippen LogP contribution is -2.40.